The molecule has 1 aliphatic carbocycles. The van der Waals surface area contributed by atoms with E-state index in [4.69, 9.17) is 0 Å². The highest BCUT2D eigenvalue weighted by atomic mass is 32.1. The Balaban J connectivity index is 1.65. The highest BCUT2D eigenvalue weighted by Gasteiger charge is 2.19. The lowest BCUT2D eigenvalue weighted by molar-refractivity contribution is -0.122. The standard InChI is InChI=1S/C19H18FN3O2S/c20-13-7-5-12(6-8-13)15-10-26-18-17(15)19(25)23(11-21-18)9-16(24)22-14-3-1-2-4-14/h5-8,10-11,14H,1-4,9H2,(H,22,24). The molecule has 0 aliphatic heterocycles. The van der Waals surface area contributed by atoms with E-state index in [9.17, 15) is 14.0 Å². The minimum Gasteiger partial charge on any atom is -0.352 e. The third-order valence-corrected chi connectivity index (χ3v) is 5.64. The summed E-state index contributed by atoms with van der Waals surface area (Å²) in [6.07, 6.45) is 5.68. The van der Waals surface area contributed by atoms with Gasteiger partial charge in [-0.05, 0) is 30.5 Å². The maximum Gasteiger partial charge on any atom is 0.263 e. The normalized spacial score (nSPS) is 14.8. The number of aromatic nitrogens is 2. The predicted octanol–water partition coefficient (Wildman–Crippen LogP) is 3.32. The molecular weight excluding hydrogens is 353 g/mol. The van der Waals surface area contributed by atoms with Crippen molar-refractivity contribution in [3.63, 3.8) is 0 Å². The quantitative estimate of drug-likeness (QED) is 0.765. The van der Waals surface area contributed by atoms with Gasteiger partial charge >= 0.3 is 0 Å². The first-order valence-electron chi connectivity index (χ1n) is 8.64. The number of nitrogens with one attached hydrogen (secondary N) is 1. The molecule has 1 amide bonds. The van der Waals surface area contributed by atoms with Crippen molar-refractivity contribution in [1.29, 1.82) is 0 Å². The van der Waals surface area contributed by atoms with Crippen molar-refractivity contribution in [2.45, 2.75) is 38.3 Å². The van der Waals surface area contributed by atoms with Gasteiger partial charge in [-0.1, -0.05) is 25.0 Å². The number of hydrogen-bond donors (Lipinski definition) is 1. The second kappa shape index (κ2) is 6.99. The number of amides is 1. The van der Waals surface area contributed by atoms with Crippen molar-refractivity contribution in [1.82, 2.24) is 14.9 Å². The number of carbonyl (C=O) groups excluding carboxylic acids is 1. The maximum absolute atomic E-state index is 13.2. The Bertz CT molecular complexity index is 1000. The van der Waals surface area contributed by atoms with Crippen molar-refractivity contribution in [2.24, 2.45) is 0 Å². The SMILES string of the molecule is O=C(Cn1cnc2scc(-c3ccc(F)cc3)c2c1=O)NC1CCCC1. The molecule has 26 heavy (non-hydrogen) atoms. The molecule has 2 aromatic heterocycles. The molecule has 0 spiro atoms. The van der Waals surface area contributed by atoms with E-state index in [1.54, 1.807) is 12.1 Å². The summed E-state index contributed by atoms with van der Waals surface area (Å²) >= 11 is 1.36. The Morgan fingerprint density at radius 2 is 2.00 bits per heavy atom. The van der Waals surface area contributed by atoms with E-state index in [1.807, 2.05) is 5.38 Å². The molecule has 3 aromatic rings. The number of fused-ring (bicyclic) bond motifs is 1. The molecule has 1 aromatic carbocycles. The second-order valence-electron chi connectivity index (χ2n) is 6.56. The van der Waals surface area contributed by atoms with Gasteiger partial charge < -0.3 is 5.32 Å². The van der Waals surface area contributed by atoms with Crippen LogP contribution in [0.15, 0.2) is 40.8 Å². The van der Waals surface area contributed by atoms with Crippen LogP contribution in [0.25, 0.3) is 21.3 Å². The third-order valence-electron chi connectivity index (χ3n) is 4.75. The molecule has 0 radical (unpaired) electrons. The lowest BCUT2D eigenvalue weighted by Crippen LogP contribution is -2.37. The van der Waals surface area contributed by atoms with Crippen LogP contribution in [0.3, 0.4) is 0 Å². The summed E-state index contributed by atoms with van der Waals surface area (Å²) < 4.78 is 14.5. The van der Waals surface area contributed by atoms with Crippen molar-refractivity contribution in [2.75, 3.05) is 0 Å². The number of benzene rings is 1. The minimum atomic E-state index is -0.326. The molecule has 2 heterocycles. The molecule has 0 saturated heterocycles. The lowest BCUT2D eigenvalue weighted by atomic mass is 10.1. The molecule has 1 saturated carbocycles. The second-order valence-corrected chi connectivity index (χ2v) is 7.42. The molecule has 0 bridgehead atoms. The van der Waals surface area contributed by atoms with Crippen LogP contribution < -0.4 is 10.9 Å². The fraction of sp³-hybridized carbons (Fsp3) is 0.316. The Morgan fingerprint density at radius 3 is 2.73 bits per heavy atom. The summed E-state index contributed by atoms with van der Waals surface area (Å²) in [5.74, 6) is -0.494. The summed E-state index contributed by atoms with van der Waals surface area (Å²) in [7, 11) is 0. The Labute approximate surface area is 153 Å². The van der Waals surface area contributed by atoms with Gasteiger partial charge in [-0.3, -0.25) is 14.2 Å². The lowest BCUT2D eigenvalue weighted by Gasteiger charge is -2.12. The van der Waals surface area contributed by atoms with Crippen LogP contribution in [-0.2, 0) is 11.3 Å². The number of hydrogen-bond acceptors (Lipinski definition) is 4. The number of rotatable bonds is 4. The molecule has 7 heteroatoms. The van der Waals surface area contributed by atoms with E-state index < -0.39 is 0 Å². The topological polar surface area (TPSA) is 64.0 Å². The molecule has 134 valence electrons. The van der Waals surface area contributed by atoms with Gasteiger partial charge in [0.25, 0.3) is 5.56 Å². The molecular formula is C19H18FN3O2S. The Morgan fingerprint density at radius 1 is 1.27 bits per heavy atom. The largest absolute Gasteiger partial charge is 0.352 e. The first-order valence-corrected chi connectivity index (χ1v) is 9.52. The zero-order valence-corrected chi connectivity index (χ0v) is 14.9. The van der Waals surface area contributed by atoms with Crippen molar-refractivity contribution in [3.8, 4) is 11.1 Å². The fourth-order valence-electron chi connectivity index (χ4n) is 3.42. The Kier molecular flexibility index (Phi) is 4.55. The highest BCUT2D eigenvalue weighted by Crippen LogP contribution is 2.30. The summed E-state index contributed by atoms with van der Waals surface area (Å²) in [6.45, 7) is -0.0447. The molecule has 1 aliphatic rings. The zero-order chi connectivity index (χ0) is 18.1. The molecule has 5 nitrogen and oxygen atoms in total. The fourth-order valence-corrected chi connectivity index (χ4v) is 4.33. The van der Waals surface area contributed by atoms with E-state index >= 15 is 0 Å². The van der Waals surface area contributed by atoms with Crippen LogP contribution in [0.2, 0.25) is 0 Å². The van der Waals surface area contributed by atoms with Gasteiger partial charge in [0, 0.05) is 17.0 Å². The first-order chi connectivity index (χ1) is 12.6. The molecule has 0 unspecified atom stereocenters. The van der Waals surface area contributed by atoms with E-state index in [1.165, 1.54) is 34.4 Å². The summed E-state index contributed by atoms with van der Waals surface area (Å²) in [4.78, 5) is 30.1. The van der Waals surface area contributed by atoms with Crippen molar-refractivity contribution in [3.05, 3.63) is 52.1 Å². The van der Waals surface area contributed by atoms with Gasteiger partial charge in [-0.2, -0.15) is 0 Å². The number of carbonyl (C=O) groups is 1. The average molecular weight is 371 g/mol. The number of halogens is 1. The monoisotopic (exact) mass is 371 g/mol. The molecule has 1 N–H and O–H groups in total. The van der Waals surface area contributed by atoms with Gasteiger partial charge in [-0.15, -0.1) is 11.3 Å². The van der Waals surface area contributed by atoms with Gasteiger partial charge in [0.15, 0.2) is 0 Å². The van der Waals surface area contributed by atoms with Crippen LogP contribution >= 0.6 is 11.3 Å². The summed E-state index contributed by atoms with van der Waals surface area (Å²) in [5, 5.41) is 5.30. The van der Waals surface area contributed by atoms with Crippen LogP contribution in [-0.4, -0.2) is 21.5 Å². The van der Waals surface area contributed by atoms with Crippen LogP contribution in [0.4, 0.5) is 4.39 Å². The highest BCUT2D eigenvalue weighted by molar-refractivity contribution is 7.17. The van der Waals surface area contributed by atoms with Crippen LogP contribution in [0, 0.1) is 5.82 Å². The number of nitrogens with zero attached hydrogens (tertiary/aromatic N) is 2. The molecule has 4 rings (SSSR count). The van der Waals surface area contributed by atoms with Crippen LogP contribution in [0.5, 0.6) is 0 Å². The molecule has 0 atom stereocenters. The third kappa shape index (κ3) is 3.26. The van der Waals surface area contributed by atoms with Crippen LogP contribution in [0.1, 0.15) is 25.7 Å². The van der Waals surface area contributed by atoms with Crippen molar-refractivity contribution >= 4 is 27.5 Å². The van der Waals surface area contributed by atoms with E-state index in [-0.39, 0.29) is 29.9 Å². The van der Waals surface area contributed by atoms with E-state index in [0.29, 0.717) is 15.8 Å². The van der Waals surface area contributed by atoms with E-state index in [0.717, 1.165) is 31.2 Å². The molecule has 1 fully saturated rings. The summed E-state index contributed by atoms with van der Waals surface area (Å²) in [5.41, 5.74) is 1.22. The van der Waals surface area contributed by atoms with Gasteiger partial charge in [0.2, 0.25) is 5.91 Å². The van der Waals surface area contributed by atoms with Crippen molar-refractivity contribution < 1.29 is 9.18 Å². The van der Waals surface area contributed by atoms with E-state index in [2.05, 4.69) is 10.3 Å². The average Bonchev–Trinajstić information content (AvgIpc) is 3.28. The maximum atomic E-state index is 13.2. The predicted molar refractivity (Wildman–Crippen MR) is 99.7 cm³/mol. The Hall–Kier alpha value is -2.54. The smallest absolute Gasteiger partial charge is 0.263 e. The summed E-state index contributed by atoms with van der Waals surface area (Å²) in [6, 6.07) is 6.22. The first kappa shape index (κ1) is 16.9. The minimum absolute atomic E-state index is 0.0447. The van der Waals surface area contributed by atoms with Gasteiger partial charge in [0.1, 0.15) is 17.2 Å². The van der Waals surface area contributed by atoms with Gasteiger partial charge in [-0.25, -0.2) is 9.37 Å². The zero-order valence-electron chi connectivity index (χ0n) is 14.1. The van der Waals surface area contributed by atoms with Gasteiger partial charge in [0.05, 0.1) is 11.7 Å². The number of thiophene rings is 1.